The van der Waals surface area contributed by atoms with Crippen LogP contribution < -0.4 is 5.32 Å². The van der Waals surface area contributed by atoms with Crippen molar-refractivity contribution in [1.29, 1.82) is 5.26 Å². The van der Waals surface area contributed by atoms with Crippen LogP contribution in [0.4, 0.5) is 0 Å². The van der Waals surface area contributed by atoms with Gasteiger partial charge in [0, 0.05) is 12.3 Å². The van der Waals surface area contributed by atoms with Crippen LogP contribution >= 0.6 is 11.8 Å². The summed E-state index contributed by atoms with van der Waals surface area (Å²) in [5, 5.41) is 13.2. The number of benzene rings is 1. The van der Waals surface area contributed by atoms with Gasteiger partial charge in [0.2, 0.25) is 5.91 Å². The first-order chi connectivity index (χ1) is 10.5. The van der Waals surface area contributed by atoms with Crippen LogP contribution in [0.2, 0.25) is 0 Å². The second-order valence-corrected chi connectivity index (χ2v) is 7.15. The van der Waals surface area contributed by atoms with Crippen molar-refractivity contribution in [3.8, 4) is 6.07 Å². The molecule has 0 spiro atoms. The number of nitriles is 1. The minimum absolute atomic E-state index is 0.000648. The molecule has 4 heteroatoms. The van der Waals surface area contributed by atoms with Crippen molar-refractivity contribution in [1.82, 2.24) is 5.32 Å². The summed E-state index contributed by atoms with van der Waals surface area (Å²) in [7, 11) is 0. The maximum atomic E-state index is 12.1. The van der Waals surface area contributed by atoms with E-state index in [4.69, 9.17) is 0 Å². The van der Waals surface area contributed by atoms with Crippen molar-refractivity contribution in [3.63, 3.8) is 0 Å². The van der Waals surface area contributed by atoms with E-state index < -0.39 is 0 Å². The molecule has 0 saturated heterocycles. The van der Waals surface area contributed by atoms with Crippen LogP contribution in [0.15, 0.2) is 34.9 Å². The van der Waals surface area contributed by atoms with Crippen molar-refractivity contribution in [3.05, 3.63) is 46.0 Å². The molecule has 1 atom stereocenters. The van der Waals surface area contributed by atoms with Gasteiger partial charge in [-0.3, -0.25) is 4.79 Å². The molecular formula is C18H22N2OS. The Labute approximate surface area is 136 Å². The zero-order valence-electron chi connectivity index (χ0n) is 13.3. The van der Waals surface area contributed by atoms with Gasteiger partial charge >= 0.3 is 0 Å². The third-order valence-electron chi connectivity index (χ3n) is 3.86. The van der Waals surface area contributed by atoms with Crippen molar-refractivity contribution in [2.45, 2.75) is 39.5 Å². The summed E-state index contributed by atoms with van der Waals surface area (Å²) >= 11 is 1.59. The average Bonchev–Trinajstić information content (AvgIpc) is 2.47. The topological polar surface area (TPSA) is 52.9 Å². The second kappa shape index (κ2) is 7.51. The fourth-order valence-corrected chi connectivity index (χ4v) is 3.90. The number of hydrogen-bond acceptors (Lipinski definition) is 3. The van der Waals surface area contributed by atoms with E-state index in [0.29, 0.717) is 17.9 Å². The Kier molecular flexibility index (Phi) is 5.68. The average molecular weight is 314 g/mol. The normalized spacial score (nSPS) is 18.3. The van der Waals surface area contributed by atoms with E-state index in [0.717, 1.165) is 28.3 Å². The van der Waals surface area contributed by atoms with Crippen LogP contribution in [0.25, 0.3) is 0 Å². The predicted molar refractivity (Wildman–Crippen MR) is 91.2 cm³/mol. The van der Waals surface area contributed by atoms with Gasteiger partial charge in [-0.15, -0.1) is 11.8 Å². The lowest BCUT2D eigenvalue weighted by Crippen LogP contribution is -2.31. The Morgan fingerprint density at radius 1 is 1.41 bits per heavy atom. The second-order valence-electron chi connectivity index (χ2n) is 6.05. The molecule has 0 aromatic heterocycles. The summed E-state index contributed by atoms with van der Waals surface area (Å²) in [4.78, 5) is 12.1. The van der Waals surface area contributed by atoms with Crippen molar-refractivity contribution >= 4 is 17.7 Å². The van der Waals surface area contributed by atoms with Crippen LogP contribution in [-0.4, -0.2) is 11.7 Å². The molecule has 1 aromatic carbocycles. The maximum absolute atomic E-state index is 12.1. The predicted octanol–water partition coefficient (Wildman–Crippen LogP) is 4.11. The third kappa shape index (κ3) is 3.92. The molecule has 1 aliphatic rings. The molecular weight excluding hydrogens is 292 g/mol. The summed E-state index contributed by atoms with van der Waals surface area (Å²) in [5.41, 5.74) is 2.90. The number of aryl methyl sites for hydroxylation is 1. The van der Waals surface area contributed by atoms with Gasteiger partial charge < -0.3 is 5.32 Å². The highest BCUT2D eigenvalue weighted by molar-refractivity contribution is 8.03. The third-order valence-corrected chi connectivity index (χ3v) is 4.91. The number of carbonyl (C=O) groups excluding carboxylic acids is 1. The first-order valence-electron chi connectivity index (χ1n) is 7.65. The zero-order valence-corrected chi connectivity index (χ0v) is 14.2. The molecule has 116 valence electrons. The quantitative estimate of drug-likeness (QED) is 0.889. The number of nitrogens with zero attached hydrogens (tertiary/aromatic N) is 1. The number of allylic oxidation sites excluding steroid dienone is 1. The SMILES string of the molecule is Cc1ccccc1C1CC(=O)NC(SCCC(C)C)=C1C#N. The van der Waals surface area contributed by atoms with Gasteiger partial charge in [-0.2, -0.15) is 5.26 Å². The maximum Gasteiger partial charge on any atom is 0.225 e. The minimum atomic E-state index is -0.124. The molecule has 1 N–H and O–H groups in total. The molecule has 3 nitrogen and oxygen atoms in total. The van der Waals surface area contributed by atoms with Gasteiger partial charge in [0.1, 0.15) is 0 Å². The molecule has 22 heavy (non-hydrogen) atoms. The summed E-state index contributed by atoms with van der Waals surface area (Å²) in [6.45, 7) is 6.38. The molecule has 0 fully saturated rings. The Hall–Kier alpha value is -1.73. The lowest BCUT2D eigenvalue weighted by atomic mass is 9.85. The highest BCUT2D eigenvalue weighted by Gasteiger charge is 2.30. The summed E-state index contributed by atoms with van der Waals surface area (Å²) in [6.07, 6.45) is 1.42. The molecule has 2 rings (SSSR count). The summed E-state index contributed by atoms with van der Waals surface area (Å²) in [5.74, 6) is 1.41. The van der Waals surface area contributed by atoms with Crippen LogP contribution in [-0.2, 0) is 4.79 Å². The largest absolute Gasteiger partial charge is 0.320 e. The number of rotatable bonds is 5. The van der Waals surface area contributed by atoms with Gasteiger partial charge in [-0.1, -0.05) is 38.1 Å². The van der Waals surface area contributed by atoms with Crippen LogP contribution in [0.3, 0.4) is 0 Å². The van der Waals surface area contributed by atoms with Gasteiger partial charge in [0.25, 0.3) is 0 Å². The Morgan fingerprint density at radius 3 is 2.77 bits per heavy atom. The van der Waals surface area contributed by atoms with E-state index in [1.807, 2.05) is 31.2 Å². The Bertz CT molecular complexity index is 628. The Morgan fingerprint density at radius 2 is 2.14 bits per heavy atom. The van der Waals surface area contributed by atoms with Gasteiger partial charge in [-0.25, -0.2) is 0 Å². The molecule has 1 heterocycles. The minimum Gasteiger partial charge on any atom is -0.320 e. The highest BCUT2D eigenvalue weighted by atomic mass is 32.2. The molecule has 1 amide bonds. The fraction of sp³-hybridized carbons (Fsp3) is 0.444. The van der Waals surface area contributed by atoms with Gasteiger partial charge in [0.15, 0.2) is 0 Å². The molecule has 1 aliphatic heterocycles. The first-order valence-corrected chi connectivity index (χ1v) is 8.64. The van der Waals surface area contributed by atoms with Crippen LogP contribution in [0.5, 0.6) is 0 Å². The molecule has 1 unspecified atom stereocenters. The van der Waals surface area contributed by atoms with Crippen molar-refractivity contribution < 1.29 is 4.79 Å². The molecule has 0 radical (unpaired) electrons. The van der Waals surface area contributed by atoms with Gasteiger partial charge in [-0.05, 0) is 36.1 Å². The van der Waals surface area contributed by atoms with E-state index in [9.17, 15) is 10.1 Å². The van der Waals surface area contributed by atoms with E-state index in [2.05, 4.69) is 25.2 Å². The molecule has 0 aliphatic carbocycles. The van der Waals surface area contributed by atoms with E-state index in [1.54, 1.807) is 11.8 Å². The smallest absolute Gasteiger partial charge is 0.225 e. The standard InChI is InChI=1S/C18H22N2OS/c1-12(2)8-9-22-18-16(11-19)15(10-17(21)20-18)14-7-5-4-6-13(14)3/h4-7,12,15H,8-10H2,1-3H3,(H,20,21). The lowest BCUT2D eigenvalue weighted by molar-refractivity contribution is -0.120. The summed E-state index contributed by atoms with van der Waals surface area (Å²) in [6, 6.07) is 10.3. The molecule has 1 aromatic rings. The monoisotopic (exact) mass is 314 g/mol. The zero-order chi connectivity index (χ0) is 16.1. The Balaban J connectivity index is 2.31. The van der Waals surface area contributed by atoms with Crippen molar-refractivity contribution in [2.75, 3.05) is 5.75 Å². The first kappa shape index (κ1) is 16.6. The van der Waals surface area contributed by atoms with Crippen LogP contribution in [0, 0.1) is 24.2 Å². The summed E-state index contributed by atoms with van der Waals surface area (Å²) < 4.78 is 0. The number of amides is 1. The number of nitrogens with one attached hydrogen (secondary N) is 1. The van der Waals surface area contributed by atoms with Crippen molar-refractivity contribution in [2.24, 2.45) is 5.92 Å². The molecule has 0 saturated carbocycles. The van der Waals surface area contributed by atoms with E-state index >= 15 is 0 Å². The fourth-order valence-electron chi connectivity index (χ4n) is 2.57. The van der Waals surface area contributed by atoms with Crippen LogP contribution in [0.1, 0.15) is 43.7 Å². The number of hydrogen-bond donors (Lipinski definition) is 1. The highest BCUT2D eigenvalue weighted by Crippen LogP contribution is 2.37. The van der Waals surface area contributed by atoms with E-state index in [1.165, 1.54) is 0 Å². The van der Waals surface area contributed by atoms with Gasteiger partial charge in [0.05, 0.1) is 16.7 Å². The van der Waals surface area contributed by atoms with E-state index in [-0.39, 0.29) is 11.8 Å². The number of thioether (sulfide) groups is 1. The molecule has 0 bridgehead atoms. The number of carbonyl (C=O) groups is 1. The lowest BCUT2D eigenvalue weighted by Gasteiger charge is -2.26.